The van der Waals surface area contributed by atoms with Crippen LogP contribution in [0.1, 0.15) is 10.4 Å². The molecule has 17 heavy (non-hydrogen) atoms. The number of carboxylic acids is 1. The summed E-state index contributed by atoms with van der Waals surface area (Å²) in [6, 6.07) is 2.83. The van der Waals surface area contributed by atoms with E-state index >= 15 is 0 Å². The second-order valence-electron chi connectivity index (χ2n) is 3.70. The van der Waals surface area contributed by atoms with Gasteiger partial charge in [-0.1, -0.05) is 0 Å². The number of rotatable bonds is 3. The van der Waals surface area contributed by atoms with Crippen LogP contribution in [-0.2, 0) is 4.74 Å². The van der Waals surface area contributed by atoms with E-state index in [-0.39, 0.29) is 17.4 Å². The molecule has 1 aliphatic rings. The minimum absolute atomic E-state index is 0.00502. The number of benzene rings is 1. The SMILES string of the molecule is COCC1COc2cc(N)c(C(=O)O)cc2O1. The second kappa shape index (κ2) is 4.50. The second-order valence-corrected chi connectivity index (χ2v) is 3.70. The molecular formula is C11H13NO5. The maximum absolute atomic E-state index is 10.9. The zero-order valence-corrected chi connectivity index (χ0v) is 9.30. The lowest BCUT2D eigenvalue weighted by atomic mass is 10.1. The summed E-state index contributed by atoms with van der Waals surface area (Å²) in [6.45, 7) is 0.735. The molecule has 0 aromatic heterocycles. The average molecular weight is 239 g/mol. The molecule has 1 aromatic carbocycles. The van der Waals surface area contributed by atoms with Gasteiger partial charge in [0.05, 0.1) is 17.9 Å². The van der Waals surface area contributed by atoms with E-state index in [9.17, 15) is 4.79 Å². The summed E-state index contributed by atoms with van der Waals surface area (Å²) in [6.07, 6.45) is -0.238. The van der Waals surface area contributed by atoms with Gasteiger partial charge in [0.25, 0.3) is 0 Å². The highest BCUT2D eigenvalue weighted by molar-refractivity contribution is 5.94. The van der Waals surface area contributed by atoms with E-state index in [0.29, 0.717) is 24.7 Å². The van der Waals surface area contributed by atoms with Crippen molar-refractivity contribution < 1.29 is 24.1 Å². The van der Waals surface area contributed by atoms with Crippen LogP contribution in [0.2, 0.25) is 0 Å². The van der Waals surface area contributed by atoms with Crippen LogP contribution in [0.5, 0.6) is 11.5 Å². The molecule has 3 N–H and O–H groups in total. The summed E-state index contributed by atoms with van der Waals surface area (Å²) in [5.41, 5.74) is 5.76. The molecule has 0 radical (unpaired) electrons. The van der Waals surface area contributed by atoms with E-state index in [1.165, 1.54) is 12.1 Å². The number of aromatic carboxylic acids is 1. The summed E-state index contributed by atoms with van der Waals surface area (Å²) in [5, 5.41) is 8.94. The molecule has 0 aliphatic carbocycles. The van der Waals surface area contributed by atoms with Crippen molar-refractivity contribution >= 4 is 11.7 Å². The fourth-order valence-corrected chi connectivity index (χ4v) is 1.63. The van der Waals surface area contributed by atoms with Gasteiger partial charge < -0.3 is 25.1 Å². The minimum Gasteiger partial charge on any atom is -0.486 e. The Bertz CT molecular complexity index is 446. The number of nitrogens with two attached hydrogens (primary N) is 1. The van der Waals surface area contributed by atoms with Gasteiger partial charge >= 0.3 is 5.97 Å². The standard InChI is InChI=1S/C11H13NO5/c1-15-4-6-5-16-9-3-8(12)7(11(13)14)2-10(9)17-6/h2-3,6H,4-5,12H2,1H3,(H,13,14). The summed E-state index contributed by atoms with van der Waals surface area (Å²) < 4.78 is 15.9. The third-order valence-electron chi connectivity index (χ3n) is 2.42. The smallest absolute Gasteiger partial charge is 0.337 e. The maximum atomic E-state index is 10.9. The molecule has 0 amide bonds. The van der Waals surface area contributed by atoms with Crippen LogP contribution in [0.4, 0.5) is 5.69 Å². The maximum Gasteiger partial charge on any atom is 0.337 e. The monoisotopic (exact) mass is 239 g/mol. The number of carbonyl (C=O) groups is 1. The minimum atomic E-state index is -1.09. The van der Waals surface area contributed by atoms with Gasteiger partial charge in [-0.15, -0.1) is 0 Å². The van der Waals surface area contributed by atoms with Crippen LogP contribution in [0.3, 0.4) is 0 Å². The summed E-state index contributed by atoms with van der Waals surface area (Å²) in [5.74, 6) is -0.257. The lowest BCUT2D eigenvalue weighted by Gasteiger charge is -2.26. The molecule has 0 saturated heterocycles. The Labute approximate surface area is 97.9 Å². The predicted molar refractivity (Wildman–Crippen MR) is 59.6 cm³/mol. The van der Waals surface area contributed by atoms with Gasteiger partial charge in [0.2, 0.25) is 0 Å². The van der Waals surface area contributed by atoms with Gasteiger partial charge in [-0.05, 0) is 0 Å². The van der Waals surface area contributed by atoms with Crippen LogP contribution < -0.4 is 15.2 Å². The van der Waals surface area contributed by atoms with Crippen LogP contribution in [0.15, 0.2) is 12.1 Å². The van der Waals surface area contributed by atoms with E-state index in [1.807, 2.05) is 0 Å². The highest BCUT2D eigenvalue weighted by atomic mass is 16.6. The van der Waals surface area contributed by atoms with Crippen molar-refractivity contribution in [3.63, 3.8) is 0 Å². The lowest BCUT2D eigenvalue weighted by Crippen LogP contribution is -2.33. The Kier molecular flexibility index (Phi) is 3.06. The Balaban J connectivity index is 2.30. The van der Waals surface area contributed by atoms with Crippen molar-refractivity contribution in [2.45, 2.75) is 6.10 Å². The number of ether oxygens (including phenoxy) is 3. The van der Waals surface area contributed by atoms with Crippen molar-refractivity contribution in [1.82, 2.24) is 0 Å². The van der Waals surface area contributed by atoms with Gasteiger partial charge in [-0.25, -0.2) is 4.79 Å². The number of hydrogen-bond acceptors (Lipinski definition) is 5. The Morgan fingerprint density at radius 1 is 1.59 bits per heavy atom. The Hall–Kier alpha value is -1.95. The number of methoxy groups -OCH3 is 1. The van der Waals surface area contributed by atoms with Crippen LogP contribution in [0.25, 0.3) is 0 Å². The molecule has 1 heterocycles. The van der Waals surface area contributed by atoms with Gasteiger partial charge in [-0.3, -0.25) is 0 Å². The molecule has 0 fully saturated rings. The van der Waals surface area contributed by atoms with E-state index in [1.54, 1.807) is 7.11 Å². The van der Waals surface area contributed by atoms with E-state index in [0.717, 1.165) is 0 Å². The fraction of sp³-hybridized carbons (Fsp3) is 0.364. The average Bonchev–Trinajstić information content (AvgIpc) is 2.28. The molecule has 1 unspecified atom stereocenters. The zero-order chi connectivity index (χ0) is 12.4. The molecule has 6 nitrogen and oxygen atoms in total. The Morgan fingerprint density at radius 3 is 3.00 bits per heavy atom. The normalized spacial score (nSPS) is 17.8. The van der Waals surface area contributed by atoms with Gasteiger partial charge in [-0.2, -0.15) is 0 Å². The van der Waals surface area contributed by atoms with Crippen molar-refractivity contribution in [3.05, 3.63) is 17.7 Å². The number of fused-ring (bicyclic) bond motifs is 1. The summed E-state index contributed by atoms with van der Waals surface area (Å²) in [4.78, 5) is 10.9. The van der Waals surface area contributed by atoms with Crippen molar-refractivity contribution in [3.8, 4) is 11.5 Å². The third-order valence-corrected chi connectivity index (χ3v) is 2.42. The summed E-state index contributed by atoms with van der Waals surface area (Å²) in [7, 11) is 1.56. The molecule has 2 rings (SSSR count). The number of nitrogen functional groups attached to an aromatic ring is 1. The Morgan fingerprint density at radius 2 is 2.35 bits per heavy atom. The molecule has 0 spiro atoms. The van der Waals surface area contributed by atoms with Gasteiger partial charge in [0, 0.05) is 19.2 Å². The first-order valence-corrected chi connectivity index (χ1v) is 5.07. The molecule has 92 valence electrons. The molecule has 1 aliphatic heterocycles. The molecule has 0 bridgehead atoms. The lowest BCUT2D eigenvalue weighted by molar-refractivity contribution is 0.0271. The highest BCUT2D eigenvalue weighted by Gasteiger charge is 2.23. The first-order valence-electron chi connectivity index (χ1n) is 5.07. The largest absolute Gasteiger partial charge is 0.486 e. The van der Waals surface area contributed by atoms with Crippen LogP contribution >= 0.6 is 0 Å². The highest BCUT2D eigenvalue weighted by Crippen LogP contribution is 2.35. The van der Waals surface area contributed by atoms with Crippen molar-refractivity contribution in [2.24, 2.45) is 0 Å². The topological polar surface area (TPSA) is 91.0 Å². The zero-order valence-electron chi connectivity index (χ0n) is 9.30. The molecule has 1 atom stereocenters. The summed E-state index contributed by atoms with van der Waals surface area (Å²) >= 11 is 0. The first kappa shape index (κ1) is 11.5. The number of carboxylic acid groups (broad SMARTS) is 1. The van der Waals surface area contributed by atoms with Gasteiger partial charge in [0.15, 0.2) is 17.6 Å². The first-order chi connectivity index (χ1) is 8.11. The van der Waals surface area contributed by atoms with Gasteiger partial charge in [0.1, 0.15) is 6.61 Å². The van der Waals surface area contributed by atoms with Crippen LogP contribution in [0, 0.1) is 0 Å². The fourth-order valence-electron chi connectivity index (χ4n) is 1.63. The van der Waals surface area contributed by atoms with E-state index in [2.05, 4.69) is 0 Å². The third kappa shape index (κ3) is 2.26. The van der Waals surface area contributed by atoms with E-state index in [4.69, 9.17) is 25.1 Å². The number of hydrogen-bond donors (Lipinski definition) is 2. The molecular weight excluding hydrogens is 226 g/mol. The van der Waals surface area contributed by atoms with Crippen LogP contribution in [-0.4, -0.2) is 37.5 Å². The van der Waals surface area contributed by atoms with E-state index < -0.39 is 5.97 Å². The van der Waals surface area contributed by atoms with Crippen molar-refractivity contribution in [2.75, 3.05) is 26.1 Å². The predicted octanol–water partition coefficient (Wildman–Crippen LogP) is 0.753. The molecule has 0 saturated carbocycles. The molecule has 1 aromatic rings. The molecule has 6 heteroatoms. The van der Waals surface area contributed by atoms with Crippen molar-refractivity contribution in [1.29, 1.82) is 0 Å². The number of anilines is 1. The quantitative estimate of drug-likeness (QED) is 0.756.